The Balaban J connectivity index is 3.26. The molecule has 0 spiro atoms. The third-order valence-electron chi connectivity index (χ3n) is 2.45. The summed E-state index contributed by atoms with van der Waals surface area (Å²) < 4.78 is 4.69. The van der Waals surface area contributed by atoms with Gasteiger partial charge in [-0.2, -0.15) is 5.26 Å². The van der Waals surface area contributed by atoms with Crippen molar-refractivity contribution in [3.63, 3.8) is 0 Å². The van der Waals surface area contributed by atoms with Crippen molar-refractivity contribution in [1.29, 1.82) is 5.26 Å². The third-order valence-corrected chi connectivity index (χ3v) is 3.34. The normalized spacial score (nSPS) is 11.1. The zero-order valence-corrected chi connectivity index (χ0v) is 12.5. The Labute approximate surface area is 127 Å². The Hall–Kier alpha value is -2.46. The highest BCUT2D eigenvalue weighted by Gasteiger charge is 2.16. The number of para-hydroxylation sites is 1. The molecule has 7 heteroatoms. The number of rotatable bonds is 6. The molecule has 0 aliphatic heterocycles. The number of esters is 1. The van der Waals surface area contributed by atoms with Gasteiger partial charge < -0.3 is 15.8 Å². The van der Waals surface area contributed by atoms with E-state index in [4.69, 9.17) is 15.7 Å². The smallest absolute Gasteiger partial charge is 0.339 e. The minimum absolute atomic E-state index is 0.179. The lowest BCUT2D eigenvalue weighted by Crippen LogP contribution is -2.17. The molecule has 0 saturated carbocycles. The zero-order valence-electron chi connectivity index (χ0n) is 11.7. The van der Waals surface area contributed by atoms with E-state index >= 15 is 0 Å². The Kier molecular flexibility index (Phi) is 6.30. The molecule has 0 saturated heterocycles. The highest BCUT2D eigenvalue weighted by molar-refractivity contribution is 8.03. The second-order valence-corrected chi connectivity index (χ2v) is 5.05. The van der Waals surface area contributed by atoms with Gasteiger partial charge in [0, 0.05) is 0 Å². The number of nitriles is 1. The third kappa shape index (κ3) is 4.26. The van der Waals surface area contributed by atoms with Crippen LogP contribution >= 0.6 is 11.8 Å². The molecule has 6 nitrogen and oxygen atoms in total. The molecule has 0 radical (unpaired) electrons. The largest absolute Gasteiger partial charge is 0.465 e. The van der Waals surface area contributed by atoms with Crippen LogP contribution in [0.2, 0.25) is 0 Å². The number of nitrogens with one attached hydrogen (secondary N) is 1. The molecule has 0 fully saturated rings. The Morgan fingerprint density at radius 2 is 2.10 bits per heavy atom. The average Bonchev–Trinajstić information content (AvgIpc) is 2.47. The van der Waals surface area contributed by atoms with Gasteiger partial charge >= 0.3 is 5.97 Å². The Morgan fingerprint density at radius 3 is 2.62 bits per heavy atom. The van der Waals surface area contributed by atoms with Crippen LogP contribution in [-0.2, 0) is 9.53 Å². The van der Waals surface area contributed by atoms with Crippen molar-refractivity contribution in [2.75, 3.05) is 18.2 Å². The van der Waals surface area contributed by atoms with Gasteiger partial charge in [-0.3, -0.25) is 4.79 Å². The lowest BCUT2D eigenvalue weighted by atomic mass is 10.2. The van der Waals surface area contributed by atoms with Crippen LogP contribution in [0.15, 0.2) is 34.9 Å². The SMILES string of the molecule is CCS/C(Nc1ccccc1C(=O)OC)=C(\C#N)C(N)=O. The number of hydrogen-bond donors (Lipinski definition) is 2. The Morgan fingerprint density at radius 1 is 1.43 bits per heavy atom. The average molecular weight is 305 g/mol. The summed E-state index contributed by atoms with van der Waals surface area (Å²) in [6.45, 7) is 1.87. The minimum Gasteiger partial charge on any atom is -0.465 e. The molecule has 21 heavy (non-hydrogen) atoms. The number of carbonyl (C=O) groups excluding carboxylic acids is 2. The van der Waals surface area contributed by atoms with E-state index in [2.05, 4.69) is 5.32 Å². The van der Waals surface area contributed by atoms with E-state index in [1.807, 2.05) is 6.92 Å². The van der Waals surface area contributed by atoms with E-state index in [9.17, 15) is 9.59 Å². The van der Waals surface area contributed by atoms with Crippen LogP contribution in [0.5, 0.6) is 0 Å². The van der Waals surface area contributed by atoms with Crippen molar-refractivity contribution >= 4 is 29.3 Å². The van der Waals surface area contributed by atoms with E-state index in [0.29, 0.717) is 22.0 Å². The number of anilines is 1. The summed E-state index contributed by atoms with van der Waals surface area (Å²) in [5, 5.41) is 12.3. The maximum atomic E-state index is 11.7. The summed E-state index contributed by atoms with van der Waals surface area (Å²) in [6.07, 6.45) is 0. The predicted molar refractivity (Wildman–Crippen MR) is 81.4 cm³/mol. The maximum Gasteiger partial charge on any atom is 0.339 e. The molecule has 3 N–H and O–H groups in total. The van der Waals surface area contributed by atoms with Crippen molar-refractivity contribution in [3.8, 4) is 6.07 Å². The first-order valence-corrected chi connectivity index (χ1v) is 7.05. The van der Waals surface area contributed by atoms with Gasteiger partial charge in [-0.25, -0.2) is 4.79 Å². The van der Waals surface area contributed by atoms with Crippen LogP contribution in [0.1, 0.15) is 17.3 Å². The van der Waals surface area contributed by atoms with Gasteiger partial charge in [0.15, 0.2) is 0 Å². The molecule has 0 unspecified atom stereocenters. The summed E-state index contributed by atoms with van der Waals surface area (Å²) in [6, 6.07) is 8.42. The van der Waals surface area contributed by atoms with Crippen molar-refractivity contribution in [3.05, 3.63) is 40.4 Å². The van der Waals surface area contributed by atoms with Crippen molar-refractivity contribution < 1.29 is 14.3 Å². The topological polar surface area (TPSA) is 105 Å². The van der Waals surface area contributed by atoms with Gasteiger partial charge in [0.1, 0.15) is 11.6 Å². The first-order chi connectivity index (χ1) is 10.0. The number of carbonyl (C=O) groups is 2. The number of benzene rings is 1. The molecule has 0 aliphatic rings. The van der Waals surface area contributed by atoms with Crippen LogP contribution in [0, 0.1) is 11.3 Å². The molecule has 0 heterocycles. The lowest BCUT2D eigenvalue weighted by molar-refractivity contribution is -0.114. The highest BCUT2D eigenvalue weighted by Crippen LogP contribution is 2.25. The van der Waals surface area contributed by atoms with E-state index in [1.165, 1.54) is 18.9 Å². The summed E-state index contributed by atoms with van der Waals surface area (Å²) in [5.41, 5.74) is 5.75. The summed E-state index contributed by atoms with van der Waals surface area (Å²) in [4.78, 5) is 23.0. The van der Waals surface area contributed by atoms with Crippen molar-refractivity contribution in [2.45, 2.75) is 6.92 Å². The predicted octanol–water partition coefficient (Wildman–Crippen LogP) is 1.86. The van der Waals surface area contributed by atoms with Crippen LogP contribution in [-0.4, -0.2) is 24.7 Å². The molecule has 1 aromatic carbocycles. The van der Waals surface area contributed by atoms with E-state index < -0.39 is 11.9 Å². The molecule has 110 valence electrons. The van der Waals surface area contributed by atoms with E-state index in [0.717, 1.165) is 0 Å². The lowest BCUT2D eigenvalue weighted by Gasteiger charge is -2.13. The van der Waals surface area contributed by atoms with Crippen LogP contribution < -0.4 is 11.1 Å². The first-order valence-electron chi connectivity index (χ1n) is 6.06. The fraction of sp³-hybridized carbons (Fsp3) is 0.214. The van der Waals surface area contributed by atoms with Gasteiger partial charge in [-0.15, -0.1) is 11.8 Å². The standard InChI is InChI=1S/C14H15N3O3S/c1-3-21-13(10(8-15)12(16)18)17-11-7-5-4-6-9(11)14(19)20-2/h4-7,17H,3H2,1-2H3,(H2,16,18)/b13-10+. The number of methoxy groups -OCH3 is 1. The number of nitrogens with two attached hydrogens (primary N) is 1. The molecule has 0 atom stereocenters. The molecule has 0 bridgehead atoms. The zero-order chi connectivity index (χ0) is 15.8. The number of primary amides is 1. The number of amides is 1. The van der Waals surface area contributed by atoms with E-state index in [1.54, 1.807) is 30.3 Å². The van der Waals surface area contributed by atoms with Crippen molar-refractivity contribution in [2.24, 2.45) is 5.73 Å². The fourth-order valence-electron chi connectivity index (χ4n) is 1.54. The second kappa shape index (κ2) is 7.97. The van der Waals surface area contributed by atoms with Gasteiger partial charge in [0.25, 0.3) is 5.91 Å². The summed E-state index contributed by atoms with van der Waals surface area (Å²) in [5.74, 6) is -0.714. The molecule has 1 aromatic rings. The van der Waals surface area contributed by atoms with Gasteiger partial charge in [0.05, 0.1) is 23.4 Å². The van der Waals surface area contributed by atoms with Crippen LogP contribution in [0.3, 0.4) is 0 Å². The van der Waals surface area contributed by atoms with Crippen molar-refractivity contribution in [1.82, 2.24) is 0 Å². The van der Waals surface area contributed by atoms with Gasteiger partial charge in [0.2, 0.25) is 0 Å². The minimum atomic E-state index is -0.823. The summed E-state index contributed by atoms with van der Waals surface area (Å²) >= 11 is 1.25. The monoisotopic (exact) mass is 305 g/mol. The van der Waals surface area contributed by atoms with Crippen LogP contribution in [0.4, 0.5) is 5.69 Å². The summed E-state index contributed by atoms with van der Waals surface area (Å²) in [7, 11) is 1.28. The van der Waals surface area contributed by atoms with Gasteiger partial charge in [-0.1, -0.05) is 19.1 Å². The highest BCUT2D eigenvalue weighted by atomic mass is 32.2. The van der Waals surface area contributed by atoms with E-state index in [-0.39, 0.29) is 5.57 Å². The quantitative estimate of drug-likeness (QED) is 0.472. The second-order valence-electron chi connectivity index (χ2n) is 3.78. The maximum absolute atomic E-state index is 11.7. The molecule has 0 aliphatic carbocycles. The number of hydrogen-bond acceptors (Lipinski definition) is 6. The Bertz CT molecular complexity index is 620. The number of ether oxygens (including phenoxy) is 1. The molecule has 1 rings (SSSR count). The first kappa shape index (κ1) is 16.6. The number of thioether (sulfide) groups is 1. The number of nitrogens with zero attached hydrogens (tertiary/aromatic N) is 1. The fourth-order valence-corrected chi connectivity index (χ4v) is 2.30. The molecular weight excluding hydrogens is 290 g/mol. The molecular formula is C14H15N3O3S. The molecule has 1 amide bonds. The van der Waals surface area contributed by atoms with Gasteiger partial charge in [-0.05, 0) is 17.9 Å². The molecule has 0 aromatic heterocycles. The van der Waals surface area contributed by atoms with Crippen LogP contribution in [0.25, 0.3) is 0 Å².